The molecule has 1 atom stereocenters. The molecular weight excluding hydrogens is 284 g/mol. The third kappa shape index (κ3) is 3.95. The number of aromatic nitrogens is 1. The van der Waals surface area contributed by atoms with Gasteiger partial charge in [-0.2, -0.15) is 0 Å². The van der Waals surface area contributed by atoms with Crippen molar-refractivity contribution in [1.82, 2.24) is 4.98 Å². The molecule has 2 rings (SSSR count). The van der Waals surface area contributed by atoms with Gasteiger partial charge in [-0.25, -0.2) is 9.78 Å². The maximum Gasteiger partial charge on any atom is 0.345 e. The number of hydrogen-bond donors (Lipinski definition) is 2. The number of aromatic carboxylic acids is 1. The Morgan fingerprint density at radius 3 is 2.68 bits per heavy atom. The average molecular weight is 302 g/mol. The number of hydrogen-bond acceptors (Lipinski definition) is 5. The fourth-order valence-corrected chi connectivity index (χ4v) is 2.07. The number of carboxylic acids is 1. The zero-order chi connectivity index (χ0) is 15.9. The van der Waals surface area contributed by atoms with Crippen molar-refractivity contribution in [3.05, 3.63) is 53.7 Å². The Hall–Kier alpha value is -2.60. The van der Waals surface area contributed by atoms with Gasteiger partial charge in [-0.15, -0.1) is 0 Å². The van der Waals surface area contributed by atoms with Crippen LogP contribution in [0.5, 0.6) is 11.6 Å². The van der Waals surface area contributed by atoms with E-state index in [1.807, 2.05) is 30.3 Å². The van der Waals surface area contributed by atoms with Crippen LogP contribution in [-0.2, 0) is 6.42 Å². The minimum absolute atomic E-state index is 0.0154. The minimum atomic E-state index is -1.16. The summed E-state index contributed by atoms with van der Waals surface area (Å²) < 4.78 is 10.5. The first kappa shape index (κ1) is 15.8. The predicted octanol–water partition coefficient (Wildman–Crippen LogP) is 1.74. The summed E-state index contributed by atoms with van der Waals surface area (Å²) in [6.45, 7) is 0.197. The molecule has 0 aliphatic heterocycles. The number of pyridine rings is 1. The molecule has 0 bridgehead atoms. The smallest absolute Gasteiger partial charge is 0.345 e. The lowest BCUT2D eigenvalue weighted by atomic mass is 10.1. The fraction of sp³-hybridized carbons (Fsp3) is 0.250. The van der Waals surface area contributed by atoms with Crippen LogP contribution in [0.4, 0.5) is 0 Å². The van der Waals surface area contributed by atoms with E-state index in [1.54, 1.807) is 0 Å². The quantitative estimate of drug-likeness (QED) is 0.809. The lowest BCUT2D eigenvalue weighted by Crippen LogP contribution is -2.30. The van der Waals surface area contributed by atoms with E-state index < -0.39 is 5.97 Å². The lowest BCUT2D eigenvalue weighted by Gasteiger charge is -2.15. The number of carbonyl (C=O) groups is 1. The van der Waals surface area contributed by atoms with Crippen LogP contribution in [-0.4, -0.2) is 35.8 Å². The van der Waals surface area contributed by atoms with Gasteiger partial charge in [-0.1, -0.05) is 30.3 Å². The van der Waals surface area contributed by atoms with Crippen LogP contribution >= 0.6 is 0 Å². The topological polar surface area (TPSA) is 94.7 Å². The average Bonchev–Trinajstić information content (AvgIpc) is 2.53. The van der Waals surface area contributed by atoms with Crippen LogP contribution in [0.1, 0.15) is 15.9 Å². The molecule has 116 valence electrons. The molecule has 0 saturated carbocycles. The Labute approximate surface area is 128 Å². The number of nitrogens with two attached hydrogens (primary N) is 1. The number of nitrogens with zero attached hydrogens (tertiary/aromatic N) is 1. The summed E-state index contributed by atoms with van der Waals surface area (Å²) in [5, 5.41) is 9.25. The molecule has 0 saturated heterocycles. The van der Waals surface area contributed by atoms with Gasteiger partial charge in [0.15, 0.2) is 5.56 Å². The minimum Gasteiger partial charge on any atom is -0.491 e. The molecule has 0 spiro atoms. The van der Waals surface area contributed by atoms with Gasteiger partial charge in [0.05, 0.1) is 7.11 Å². The van der Waals surface area contributed by atoms with Crippen molar-refractivity contribution < 1.29 is 19.4 Å². The van der Waals surface area contributed by atoms with E-state index in [1.165, 1.54) is 19.4 Å². The summed E-state index contributed by atoms with van der Waals surface area (Å²) in [6.07, 6.45) is 2.08. The zero-order valence-corrected chi connectivity index (χ0v) is 12.2. The zero-order valence-electron chi connectivity index (χ0n) is 12.2. The molecule has 0 aliphatic carbocycles. The molecular formula is C16H18N2O4. The maximum atomic E-state index is 11.3. The first-order valence-electron chi connectivity index (χ1n) is 6.80. The number of benzene rings is 1. The molecule has 3 N–H and O–H groups in total. The largest absolute Gasteiger partial charge is 0.491 e. The molecule has 1 aromatic carbocycles. The van der Waals surface area contributed by atoms with E-state index >= 15 is 0 Å². The Bertz CT molecular complexity index is 631. The number of carboxylic acid groups (broad SMARTS) is 1. The Balaban J connectivity index is 2.03. The van der Waals surface area contributed by atoms with Gasteiger partial charge in [-0.05, 0) is 18.1 Å². The maximum absolute atomic E-state index is 11.3. The highest BCUT2D eigenvalue weighted by Gasteiger charge is 2.19. The molecule has 0 aliphatic rings. The molecule has 2 aromatic rings. The summed E-state index contributed by atoms with van der Waals surface area (Å²) in [6, 6.07) is 11.0. The fourth-order valence-electron chi connectivity index (χ4n) is 2.07. The highest BCUT2D eigenvalue weighted by atomic mass is 16.5. The molecule has 6 nitrogen and oxygen atoms in total. The van der Waals surface area contributed by atoms with Crippen molar-refractivity contribution in [3.8, 4) is 11.6 Å². The van der Waals surface area contributed by atoms with E-state index in [9.17, 15) is 9.90 Å². The highest BCUT2D eigenvalue weighted by Crippen LogP contribution is 2.26. The summed E-state index contributed by atoms with van der Waals surface area (Å²) in [4.78, 5) is 15.2. The second-order valence-corrected chi connectivity index (χ2v) is 4.76. The van der Waals surface area contributed by atoms with Gasteiger partial charge in [0.1, 0.15) is 12.4 Å². The predicted molar refractivity (Wildman–Crippen MR) is 81.4 cm³/mol. The van der Waals surface area contributed by atoms with Crippen molar-refractivity contribution in [1.29, 1.82) is 0 Å². The summed E-state index contributed by atoms with van der Waals surface area (Å²) in [7, 11) is 1.36. The van der Waals surface area contributed by atoms with Crippen LogP contribution in [0.15, 0.2) is 42.6 Å². The molecule has 6 heteroatoms. The van der Waals surface area contributed by atoms with E-state index in [2.05, 4.69) is 4.98 Å². The summed E-state index contributed by atoms with van der Waals surface area (Å²) in [5.41, 5.74) is 7.03. The van der Waals surface area contributed by atoms with Crippen molar-refractivity contribution >= 4 is 5.97 Å². The van der Waals surface area contributed by atoms with E-state index in [0.717, 1.165) is 5.56 Å². The van der Waals surface area contributed by atoms with Crippen LogP contribution in [0.2, 0.25) is 0 Å². The van der Waals surface area contributed by atoms with Crippen LogP contribution in [0, 0.1) is 0 Å². The molecule has 0 amide bonds. The molecule has 22 heavy (non-hydrogen) atoms. The molecule has 1 unspecified atom stereocenters. The highest BCUT2D eigenvalue weighted by molar-refractivity contribution is 5.93. The first-order chi connectivity index (χ1) is 10.6. The van der Waals surface area contributed by atoms with Gasteiger partial charge in [0.25, 0.3) is 0 Å². The first-order valence-corrected chi connectivity index (χ1v) is 6.80. The second-order valence-electron chi connectivity index (χ2n) is 4.76. The SMILES string of the molecule is COc1nccc(OCC(N)Cc2ccccc2)c1C(=O)O. The lowest BCUT2D eigenvalue weighted by molar-refractivity contribution is 0.0687. The molecule has 1 aromatic heterocycles. The van der Waals surface area contributed by atoms with Crippen LogP contribution < -0.4 is 15.2 Å². The third-order valence-corrected chi connectivity index (χ3v) is 3.08. The van der Waals surface area contributed by atoms with Crippen LogP contribution in [0.3, 0.4) is 0 Å². The van der Waals surface area contributed by atoms with Gasteiger partial charge < -0.3 is 20.3 Å². The van der Waals surface area contributed by atoms with Crippen molar-refractivity contribution in [2.75, 3.05) is 13.7 Å². The van der Waals surface area contributed by atoms with Gasteiger partial charge in [0, 0.05) is 12.2 Å². The second kappa shape index (κ2) is 7.42. The molecule has 0 radical (unpaired) electrons. The third-order valence-electron chi connectivity index (χ3n) is 3.08. The van der Waals surface area contributed by atoms with Gasteiger partial charge in [0.2, 0.25) is 5.88 Å². The van der Waals surface area contributed by atoms with E-state index in [-0.39, 0.29) is 29.8 Å². The van der Waals surface area contributed by atoms with Gasteiger partial charge in [-0.3, -0.25) is 0 Å². The van der Waals surface area contributed by atoms with Crippen LogP contribution in [0.25, 0.3) is 0 Å². The summed E-state index contributed by atoms with van der Waals surface area (Å²) in [5.74, 6) is -0.943. The van der Waals surface area contributed by atoms with E-state index in [0.29, 0.717) is 6.42 Å². The standard InChI is InChI=1S/C16H18N2O4/c1-21-15-14(16(19)20)13(7-8-18-15)22-10-12(17)9-11-5-3-2-4-6-11/h2-8,12H,9-10,17H2,1H3,(H,19,20). The Morgan fingerprint density at radius 2 is 2.05 bits per heavy atom. The van der Waals surface area contributed by atoms with E-state index in [4.69, 9.17) is 15.2 Å². The number of methoxy groups -OCH3 is 1. The molecule has 1 heterocycles. The molecule has 0 fully saturated rings. The van der Waals surface area contributed by atoms with Gasteiger partial charge >= 0.3 is 5.97 Å². The van der Waals surface area contributed by atoms with Crippen molar-refractivity contribution in [2.45, 2.75) is 12.5 Å². The Kier molecular flexibility index (Phi) is 5.32. The number of rotatable bonds is 7. The van der Waals surface area contributed by atoms with Crippen molar-refractivity contribution in [3.63, 3.8) is 0 Å². The number of ether oxygens (including phenoxy) is 2. The summed E-state index contributed by atoms with van der Waals surface area (Å²) >= 11 is 0. The monoisotopic (exact) mass is 302 g/mol. The normalized spacial score (nSPS) is 11.7. The Morgan fingerprint density at radius 1 is 1.32 bits per heavy atom. The van der Waals surface area contributed by atoms with Crippen molar-refractivity contribution in [2.24, 2.45) is 5.73 Å².